The number of carboxylic acid groups (broad SMARTS) is 1. The molecule has 8 nitrogen and oxygen atoms in total. The van der Waals surface area contributed by atoms with E-state index in [1.54, 1.807) is 0 Å². The maximum Gasteiger partial charge on any atom is 0.358 e. The molecule has 2 N–H and O–H groups in total. The Morgan fingerprint density at radius 3 is 2.71 bits per heavy atom. The molecule has 1 rings (SSSR count). The number of carbonyl (C=O) groups is 2. The number of hydrogen-bond donors (Lipinski definition) is 2. The van der Waals surface area contributed by atoms with Gasteiger partial charge in [0.05, 0.1) is 12.6 Å². The molecule has 0 aromatic carbocycles. The molecule has 0 saturated carbocycles. The van der Waals surface area contributed by atoms with Crippen molar-refractivity contribution >= 4 is 33.3 Å². The van der Waals surface area contributed by atoms with Crippen LogP contribution in [0.3, 0.4) is 0 Å². The van der Waals surface area contributed by atoms with E-state index in [-0.39, 0.29) is 16.3 Å². The van der Waals surface area contributed by atoms with E-state index in [4.69, 9.17) is 5.11 Å². The number of aromatic nitrogens is 1. The van der Waals surface area contributed by atoms with E-state index < -0.39 is 28.0 Å². The summed E-state index contributed by atoms with van der Waals surface area (Å²) in [6.45, 7) is 1.87. The average molecular weight is 336 g/mol. The molecular formula is C11H16N2O6S2. The van der Waals surface area contributed by atoms with Gasteiger partial charge in [0.1, 0.15) is 6.04 Å². The number of ether oxygens (including phenoxy) is 1. The molecule has 0 aliphatic rings. The first-order valence-corrected chi connectivity index (χ1v) is 8.46. The first-order chi connectivity index (χ1) is 9.83. The predicted molar refractivity (Wildman–Crippen MR) is 74.7 cm³/mol. The smallest absolute Gasteiger partial charge is 0.358 e. The number of carbonyl (C=O) groups excluding carboxylic acids is 1. The number of esters is 1. The van der Waals surface area contributed by atoms with Gasteiger partial charge in [0.25, 0.3) is 10.0 Å². The number of hydrogen-bond acceptors (Lipinski definition) is 7. The highest BCUT2D eigenvalue weighted by Gasteiger charge is 2.30. The van der Waals surface area contributed by atoms with Crippen LogP contribution in [0.5, 0.6) is 0 Å². The Balaban J connectivity index is 3.03. The number of methoxy groups -OCH3 is 1. The summed E-state index contributed by atoms with van der Waals surface area (Å²) in [5, 5.41) is 9.05. The zero-order valence-corrected chi connectivity index (χ0v) is 13.2. The van der Waals surface area contributed by atoms with Crippen LogP contribution in [0.25, 0.3) is 0 Å². The molecule has 0 radical (unpaired) electrons. The van der Waals surface area contributed by atoms with Gasteiger partial charge in [-0.05, 0) is 6.42 Å². The summed E-state index contributed by atoms with van der Waals surface area (Å²) in [7, 11) is -3.05. The first-order valence-electron chi connectivity index (χ1n) is 6.10. The van der Waals surface area contributed by atoms with Crippen molar-refractivity contribution in [3.8, 4) is 0 Å². The van der Waals surface area contributed by atoms with Crippen LogP contribution in [0.15, 0.2) is 9.72 Å². The highest BCUT2D eigenvalue weighted by atomic mass is 32.2. The van der Waals surface area contributed by atoms with Crippen LogP contribution in [0.2, 0.25) is 0 Å². The van der Waals surface area contributed by atoms with Crippen molar-refractivity contribution in [1.82, 2.24) is 9.71 Å². The maximum atomic E-state index is 12.2. The number of sulfonamides is 1. The number of nitrogens with zero attached hydrogens (tertiary/aromatic N) is 1. The Hall–Kier alpha value is -1.52. The Bertz CT molecular complexity index is 610. The third-order valence-electron chi connectivity index (χ3n) is 2.60. The summed E-state index contributed by atoms with van der Waals surface area (Å²) < 4.78 is 30.6. The molecule has 0 aliphatic heterocycles. The minimum Gasteiger partial charge on any atom is -0.480 e. The van der Waals surface area contributed by atoms with Gasteiger partial charge in [0.2, 0.25) is 0 Å². The zero-order chi connectivity index (χ0) is 16.0. The van der Waals surface area contributed by atoms with Crippen molar-refractivity contribution in [2.75, 3.05) is 7.11 Å². The Morgan fingerprint density at radius 2 is 2.19 bits per heavy atom. The summed E-state index contributed by atoms with van der Waals surface area (Å²) in [4.78, 5) is 26.2. The lowest BCUT2D eigenvalue weighted by Crippen LogP contribution is -2.40. The zero-order valence-electron chi connectivity index (χ0n) is 11.5. The van der Waals surface area contributed by atoms with Crippen LogP contribution >= 0.6 is 11.3 Å². The molecule has 0 amide bonds. The van der Waals surface area contributed by atoms with Gasteiger partial charge in [-0.1, -0.05) is 19.8 Å². The number of nitrogens with one attached hydrogen (secondary N) is 1. The summed E-state index contributed by atoms with van der Waals surface area (Å²) in [5.74, 6) is -2.16. The van der Waals surface area contributed by atoms with Gasteiger partial charge in [-0.3, -0.25) is 4.79 Å². The molecule has 1 atom stereocenters. The van der Waals surface area contributed by atoms with Crippen molar-refractivity contribution in [3.05, 3.63) is 11.2 Å². The standard InChI is InChI=1S/C11H16N2O6S2/c1-3-4-5-7(9(14)15)13-21(17,18)11-8(10(16)19-2)12-6-20-11/h6-7,13H,3-5H2,1-2H3,(H,14,15)/t7-/m0/s1. The predicted octanol–water partition coefficient (Wildman–Crippen LogP) is 0.851. The van der Waals surface area contributed by atoms with E-state index in [1.807, 2.05) is 6.92 Å². The fourth-order valence-electron chi connectivity index (χ4n) is 1.54. The van der Waals surface area contributed by atoms with Crippen LogP contribution in [-0.2, 0) is 19.6 Å². The lowest BCUT2D eigenvalue weighted by Gasteiger charge is -2.13. The van der Waals surface area contributed by atoms with Crippen LogP contribution in [0, 0.1) is 0 Å². The second-order valence-electron chi connectivity index (χ2n) is 4.13. The molecule has 10 heteroatoms. The van der Waals surface area contributed by atoms with Gasteiger partial charge in [-0.15, -0.1) is 11.3 Å². The summed E-state index contributed by atoms with van der Waals surface area (Å²) >= 11 is 0.722. The van der Waals surface area contributed by atoms with E-state index in [2.05, 4.69) is 14.4 Å². The lowest BCUT2D eigenvalue weighted by atomic mass is 10.1. The van der Waals surface area contributed by atoms with Gasteiger partial charge in [0.15, 0.2) is 9.90 Å². The van der Waals surface area contributed by atoms with Crippen molar-refractivity contribution in [2.24, 2.45) is 0 Å². The number of carboxylic acids is 1. The molecule has 0 spiro atoms. The molecule has 1 aromatic heterocycles. The Labute approximate surface area is 126 Å². The lowest BCUT2D eigenvalue weighted by molar-refractivity contribution is -0.139. The van der Waals surface area contributed by atoms with Crippen LogP contribution < -0.4 is 4.72 Å². The van der Waals surface area contributed by atoms with E-state index in [9.17, 15) is 18.0 Å². The van der Waals surface area contributed by atoms with E-state index in [0.717, 1.165) is 24.9 Å². The van der Waals surface area contributed by atoms with Gasteiger partial charge in [0, 0.05) is 0 Å². The largest absolute Gasteiger partial charge is 0.480 e. The van der Waals surface area contributed by atoms with Crippen LogP contribution in [-0.4, -0.2) is 43.6 Å². The number of rotatable bonds is 8. The Kier molecular flexibility index (Phi) is 6.24. The minimum atomic E-state index is -4.15. The normalized spacial score (nSPS) is 12.9. The monoisotopic (exact) mass is 336 g/mol. The van der Waals surface area contributed by atoms with E-state index in [1.165, 1.54) is 5.51 Å². The third-order valence-corrected chi connectivity index (χ3v) is 5.44. The molecule has 1 aromatic rings. The summed E-state index contributed by atoms with van der Waals surface area (Å²) in [6.07, 6.45) is 1.46. The second kappa shape index (κ2) is 7.48. The molecular weight excluding hydrogens is 320 g/mol. The topological polar surface area (TPSA) is 123 Å². The van der Waals surface area contributed by atoms with E-state index in [0.29, 0.717) is 6.42 Å². The van der Waals surface area contributed by atoms with Gasteiger partial charge < -0.3 is 9.84 Å². The molecule has 21 heavy (non-hydrogen) atoms. The molecule has 0 unspecified atom stereocenters. The number of aliphatic carboxylic acids is 1. The highest BCUT2D eigenvalue weighted by Crippen LogP contribution is 2.21. The molecule has 1 heterocycles. The molecule has 0 fully saturated rings. The molecule has 0 bridgehead atoms. The molecule has 118 valence electrons. The van der Waals surface area contributed by atoms with Crippen LogP contribution in [0.4, 0.5) is 0 Å². The minimum absolute atomic E-state index is 0.164. The van der Waals surface area contributed by atoms with Gasteiger partial charge >= 0.3 is 11.9 Å². The van der Waals surface area contributed by atoms with Gasteiger partial charge in [-0.2, -0.15) is 4.72 Å². The molecule has 0 aliphatic carbocycles. The average Bonchev–Trinajstić information content (AvgIpc) is 2.92. The maximum absolute atomic E-state index is 12.2. The third kappa shape index (κ3) is 4.48. The number of thiazole rings is 1. The SMILES string of the molecule is CCCC[C@H](NS(=O)(=O)c1scnc1C(=O)OC)C(=O)O. The van der Waals surface area contributed by atoms with Crippen LogP contribution in [0.1, 0.15) is 36.7 Å². The quantitative estimate of drug-likeness (QED) is 0.675. The van der Waals surface area contributed by atoms with Crippen molar-refractivity contribution in [1.29, 1.82) is 0 Å². The summed E-state index contributed by atoms with van der Waals surface area (Å²) in [6, 6.07) is -1.25. The fourth-order valence-corrected chi connectivity index (χ4v) is 3.91. The van der Waals surface area contributed by atoms with E-state index >= 15 is 0 Å². The van der Waals surface area contributed by atoms with Gasteiger partial charge in [-0.25, -0.2) is 18.2 Å². The second-order valence-corrected chi connectivity index (χ2v) is 6.90. The highest BCUT2D eigenvalue weighted by molar-refractivity contribution is 7.91. The van der Waals surface area contributed by atoms with Crippen molar-refractivity contribution in [2.45, 2.75) is 36.4 Å². The summed E-state index contributed by atoms with van der Waals surface area (Å²) in [5.41, 5.74) is 0.831. The first kappa shape index (κ1) is 17.5. The Morgan fingerprint density at radius 1 is 1.52 bits per heavy atom. The fraction of sp³-hybridized carbons (Fsp3) is 0.545. The number of unbranched alkanes of at least 4 members (excludes halogenated alkanes) is 1. The molecule has 0 saturated heterocycles. The van der Waals surface area contributed by atoms with Crippen molar-refractivity contribution < 1.29 is 27.9 Å². The van der Waals surface area contributed by atoms with Crippen molar-refractivity contribution in [3.63, 3.8) is 0 Å².